The highest BCUT2D eigenvalue weighted by molar-refractivity contribution is 7.99. The third-order valence-corrected chi connectivity index (χ3v) is 6.85. The molecule has 2 fully saturated rings. The van der Waals surface area contributed by atoms with Gasteiger partial charge in [-0.2, -0.15) is 0 Å². The summed E-state index contributed by atoms with van der Waals surface area (Å²) >= 11 is 7.48. The molecule has 1 unspecified atom stereocenters. The lowest BCUT2D eigenvalue weighted by Gasteiger charge is -2.44. The molecule has 0 aromatic heterocycles. The molecule has 2 aliphatic rings. The summed E-state index contributed by atoms with van der Waals surface area (Å²) in [6, 6.07) is -1.53. The summed E-state index contributed by atoms with van der Waals surface area (Å²) in [4.78, 5) is 14.8. The normalized spacial score (nSPS) is 41.6. The number of hydrogen-bond donors (Lipinski definition) is 5. The SMILES string of the molecule is CCC[C@H]1CN(C)[C@H](C(=O)N[C@@H]([C@H]2O[C@H](SC)[C@H](O)[C@@H](O)[C@H]2O)[C@H](C)Cl)C1O. The molecule has 0 bridgehead atoms. The van der Waals surface area contributed by atoms with Gasteiger partial charge in [-0.25, -0.2) is 0 Å². The van der Waals surface area contributed by atoms with Crippen LogP contribution in [0.2, 0.25) is 0 Å². The van der Waals surface area contributed by atoms with Crippen molar-refractivity contribution in [2.45, 2.75) is 80.1 Å². The van der Waals surface area contributed by atoms with Gasteiger partial charge in [0, 0.05) is 6.54 Å². The predicted molar refractivity (Wildman–Crippen MR) is 108 cm³/mol. The summed E-state index contributed by atoms with van der Waals surface area (Å²) in [6.45, 7) is 4.31. The molecule has 10 heteroatoms. The number of nitrogens with one attached hydrogen (secondary N) is 1. The van der Waals surface area contributed by atoms with Gasteiger partial charge in [0.2, 0.25) is 5.91 Å². The number of ether oxygens (including phenoxy) is 1. The van der Waals surface area contributed by atoms with Gasteiger partial charge in [0.1, 0.15) is 35.9 Å². The van der Waals surface area contributed by atoms with E-state index in [4.69, 9.17) is 16.3 Å². The van der Waals surface area contributed by atoms with Crippen LogP contribution in [0.3, 0.4) is 0 Å². The minimum Gasteiger partial charge on any atom is -0.391 e. The van der Waals surface area contributed by atoms with Gasteiger partial charge in [-0.3, -0.25) is 9.69 Å². The lowest BCUT2D eigenvalue weighted by molar-refractivity contribution is -0.205. The number of aliphatic hydroxyl groups excluding tert-OH is 4. The molecule has 0 aromatic carbocycles. The Bertz CT molecular complexity index is 528. The van der Waals surface area contributed by atoms with E-state index in [-0.39, 0.29) is 5.92 Å². The molecule has 0 radical (unpaired) electrons. The number of likely N-dealkylation sites (N-methyl/N-ethyl adjacent to an activating group) is 1. The number of likely N-dealkylation sites (tertiary alicyclic amines) is 1. The van der Waals surface area contributed by atoms with E-state index >= 15 is 0 Å². The summed E-state index contributed by atoms with van der Waals surface area (Å²) in [6.07, 6.45) is -2.41. The number of amides is 1. The number of rotatable bonds is 7. The molecule has 2 rings (SSSR count). The van der Waals surface area contributed by atoms with Gasteiger partial charge in [-0.05, 0) is 32.6 Å². The first kappa shape index (κ1) is 24.1. The van der Waals surface area contributed by atoms with Gasteiger partial charge in [0.15, 0.2) is 0 Å². The third-order valence-electron chi connectivity index (χ3n) is 5.73. The predicted octanol–water partition coefficient (Wildman–Crippen LogP) is -0.640. The van der Waals surface area contributed by atoms with Gasteiger partial charge in [-0.15, -0.1) is 23.4 Å². The highest BCUT2D eigenvalue weighted by Gasteiger charge is 2.49. The molecule has 5 N–H and O–H groups in total. The zero-order chi connectivity index (χ0) is 21.2. The molecule has 2 heterocycles. The number of halogens is 1. The van der Waals surface area contributed by atoms with Crippen LogP contribution in [0.5, 0.6) is 0 Å². The maximum atomic E-state index is 13.0. The van der Waals surface area contributed by atoms with Crippen molar-refractivity contribution in [3.63, 3.8) is 0 Å². The van der Waals surface area contributed by atoms with Gasteiger partial charge in [0.05, 0.1) is 17.5 Å². The van der Waals surface area contributed by atoms with E-state index in [1.165, 1.54) is 11.8 Å². The molecule has 164 valence electrons. The Morgan fingerprint density at radius 3 is 2.43 bits per heavy atom. The highest BCUT2D eigenvalue weighted by atomic mass is 35.5. The average molecular weight is 441 g/mol. The van der Waals surface area contributed by atoms with E-state index in [9.17, 15) is 25.2 Å². The lowest BCUT2D eigenvalue weighted by atomic mass is 9.92. The number of alkyl halides is 1. The zero-order valence-electron chi connectivity index (χ0n) is 16.7. The Hall–Kier alpha value is -0.130. The van der Waals surface area contributed by atoms with Crippen LogP contribution in [-0.2, 0) is 9.53 Å². The molecule has 1 amide bonds. The quantitative estimate of drug-likeness (QED) is 0.331. The Balaban J connectivity index is 2.15. The third kappa shape index (κ3) is 4.95. The summed E-state index contributed by atoms with van der Waals surface area (Å²) < 4.78 is 5.76. The first-order valence-electron chi connectivity index (χ1n) is 9.69. The minimum atomic E-state index is -1.42. The molecule has 28 heavy (non-hydrogen) atoms. The molecule has 2 saturated heterocycles. The van der Waals surface area contributed by atoms with Crippen LogP contribution < -0.4 is 5.32 Å². The lowest BCUT2D eigenvalue weighted by Crippen LogP contribution is -2.65. The standard InChI is InChI=1S/C18H33ClN2O6S/c1-5-6-9-7-21(3)11(12(9)22)17(26)20-10(8(2)19)16-14(24)13(23)15(25)18(27-16)28-4/h8-16,18,22-25H,5-7H2,1-4H3,(H,20,26)/t8-,9-,10+,11-,12?,13-,14+,15+,16+,18+/m0/s1. The summed E-state index contributed by atoms with van der Waals surface area (Å²) in [7, 11) is 1.79. The van der Waals surface area contributed by atoms with E-state index in [0.29, 0.717) is 6.54 Å². The second-order valence-electron chi connectivity index (χ2n) is 7.81. The van der Waals surface area contributed by atoms with Crippen molar-refractivity contribution in [1.29, 1.82) is 0 Å². The molecule has 0 aliphatic carbocycles. The van der Waals surface area contributed by atoms with Gasteiger partial charge >= 0.3 is 0 Å². The second-order valence-corrected chi connectivity index (χ2v) is 9.44. The van der Waals surface area contributed by atoms with Crippen LogP contribution in [0.15, 0.2) is 0 Å². The Labute approximate surface area is 175 Å². The van der Waals surface area contributed by atoms with Gasteiger partial charge < -0.3 is 30.5 Å². The van der Waals surface area contributed by atoms with Crippen LogP contribution in [0.1, 0.15) is 26.7 Å². The van der Waals surface area contributed by atoms with Crippen LogP contribution in [0.4, 0.5) is 0 Å². The Morgan fingerprint density at radius 1 is 1.25 bits per heavy atom. The topological polar surface area (TPSA) is 122 Å². The molecule has 2 aliphatic heterocycles. The first-order valence-corrected chi connectivity index (χ1v) is 11.4. The van der Waals surface area contributed by atoms with Crippen molar-refractivity contribution in [2.75, 3.05) is 19.8 Å². The fourth-order valence-corrected chi connectivity index (χ4v) is 5.06. The second kappa shape index (κ2) is 10.3. The molecule has 0 aromatic rings. The maximum absolute atomic E-state index is 13.0. The first-order chi connectivity index (χ1) is 13.1. The number of carbonyl (C=O) groups is 1. The van der Waals surface area contributed by atoms with Crippen LogP contribution in [-0.4, -0.2) is 104 Å². The molecule has 8 nitrogen and oxygen atoms in total. The smallest absolute Gasteiger partial charge is 0.240 e. The molecule has 0 spiro atoms. The fraction of sp³-hybridized carbons (Fsp3) is 0.944. The minimum absolute atomic E-state index is 0.0204. The van der Waals surface area contributed by atoms with Gasteiger partial charge in [-0.1, -0.05) is 13.3 Å². The Kier molecular flexibility index (Phi) is 8.84. The molecular formula is C18H33ClN2O6S. The van der Waals surface area contributed by atoms with Crippen molar-refractivity contribution in [2.24, 2.45) is 5.92 Å². The van der Waals surface area contributed by atoms with Crippen molar-refractivity contribution in [3.8, 4) is 0 Å². The number of thioether (sulfide) groups is 1. The summed E-state index contributed by atoms with van der Waals surface area (Å²) in [5.41, 5.74) is -0.758. The number of hydrogen-bond acceptors (Lipinski definition) is 8. The molecular weight excluding hydrogens is 408 g/mol. The number of nitrogens with zero attached hydrogens (tertiary/aromatic N) is 1. The monoisotopic (exact) mass is 440 g/mol. The fourth-order valence-electron chi connectivity index (χ4n) is 4.17. The van der Waals surface area contributed by atoms with Crippen molar-refractivity contribution in [1.82, 2.24) is 10.2 Å². The van der Waals surface area contributed by atoms with Crippen LogP contribution >= 0.6 is 23.4 Å². The average Bonchev–Trinajstić information content (AvgIpc) is 2.92. The van der Waals surface area contributed by atoms with Crippen molar-refractivity contribution < 1.29 is 30.0 Å². The van der Waals surface area contributed by atoms with E-state index < -0.39 is 59.3 Å². The van der Waals surface area contributed by atoms with E-state index in [1.807, 2.05) is 11.8 Å². The molecule has 0 saturated carbocycles. The van der Waals surface area contributed by atoms with Crippen molar-refractivity contribution in [3.05, 3.63) is 0 Å². The molecule has 10 atom stereocenters. The van der Waals surface area contributed by atoms with Crippen molar-refractivity contribution >= 4 is 29.3 Å². The maximum Gasteiger partial charge on any atom is 0.240 e. The van der Waals surface area contributed by atoms with Gasteiger partial charge in [0.25, 0.3) is 0 Å². The number of carbonyl (C=O) groups excluding carboxylic acids is 1. The zero-order valence-corrected chi connectivity index (χ0v) is 18.3. The summed E-state index contributed by atoms with van der Waals surface area (Å²) in [5.74, 6) is -0.379. The largest absolute Gasteiger partial charge is 0.391 e. The number of aliphatic hydroxyl groups is 4. The van der Waals surface area contributed by atoms with E-state index in [0.717, 1.165) is 12.8 Å². The van der Waals surface area contributed by atoms with E-state index in [1.54, 1.807) is 20.2 Å². The highest BCUT2D eigenvalue weighted by Crippen LogP contribution is 2.31. The summed E-state index contributed by atoms with van der Waals surface area (Å²) in [5, 5.41) is 43.4. The van der Waals surface area contributed by atoms with E-state index in [2.05, 4.69) is 5.32 Å². The Morgan fingerprint density at radius 2 is 1.89 bits per heavy atom. The van der Waals surface area contributed by atoms with Crippen LogP contribution in [0, 0.1) is 5.92 Å². The van der Waals surface area contributed by atoms with Crippen LogP contribution in [0.25, 0.3) is 0 Å².